The normalized spacial score (nSPS) is 26.8. The number of hydrogen-bond donors (Lipinski definition) is 1. The monoisotopic (exact) mass is 448 g/mol. The van der Waals surface area contributed by atoms with Crippen LogP contribution in [0.5, 0.6) is 0 Å². The van der Waals surface area contributed by atoms with E-state index in [9.17, 15) is 14.4 Å². The second-order valence-corrected chi connectivity index (χ2v) is 10.6. The third kappa shape index (κ3) is 3.71. The molecule has 1 aliphatic heterocycles. The van der Waals surface area contributed by atoms with Gasteiger partial charge in [-0.05, 0) is 53.2 Å². The first-order chi connectivity index (χ1) is 15.4. The Labute approximate surface area is 192 Å². The average Bonchev–Trinajstić information content (AvgIpc) is 3.55. The van der Waals surface area contributed by atoms with Gasteiger partial charge in [0.1, 0.15) is 6.54 Å². The van der Waals surface area contributed by atoms with E-state index in [1.807, 2.05) is 17.5 Å². The van der Waals surface area contributed by atoms with Gasteiger partial charge in [0.05, 0.1) is 17.9 Å². The maximum absolute atomic E-state index is 13.0. The summed E-state index contributed by atoms with van der Waals surface area (Å²) >= 11 is 1.58. The van der Waals surface area contributed by atoms with Crippen molar-refractivity contribution < 1.29 is 14.4 Å². The quantitative estimate of drug-likeness (QED) is 0.515. The lowest BCUT2D eigenvalue weighted by Crippen LogP contribution is -2.43. The van der Waals surface area contributed by atoms with Crippen LogP contribution in [-0.2, 0) is 20.8 Å². The van der Waals surface area contributed by atoms with Crippen LogP contribution >= 0.6 is 11.3 Å². The molecule has 5 rings (SSSR count). The fourth-order valence-corrected chi connectivity index (χ4v) is 6.36. The van der Waals surface area contributed by atoms with Crippen molar-refractivity contribution >= 4 is 29.1 Å². The number of nitrogens with zero attached hydrogens (tertiary/aromatic N) is 1. The highest BCUT2D eigenvalue weighted by molar-refractivity contribution is 7.10. The topological polar surface area (TPSA) is 66.5 Å². The Morgan fingerprint density at radius 1 is 1.06 bits per heavy atom. The molecule has 0 spiro atoms. The van der Waals surface area contributed by atoms with Crippen LogP contribution in [0, 0.1) is 29.6 Å². The maximum Gasteiger partial charge on any atom is 0.240 e. The molecule has 1 N–H and O–H groups in total. The molecule has 2 bridgehead atoms. The first-order valence-corrected chi connectivity index (χ1v) is 12.3. The second-order valence-electron chi connectivity index (χ2n) is 9.62. The van der Waals surface area contributed by atoms with Crippen molar-refractivity contribution in [2.45, 2.75) is 32.7 Å². The molecule has 32 heavy (non-hydrogen) atoms. The molecule has 166 valence electrons. The van der Waals surface area contributed by atoms with E-state index >= 15 is 0 Å². The van der Waals surface area contributed by atoms with Gasteiger partial charge in [0.25, 0.3) is 0 Å². The highest BCUT2D eigenvalue weighted by atomic mass is 32.1. The largest absolute Gasteiger partial charge is 0.343 e. The van der Waals surface area contributed by atoms with Gasteiger partial charge in [0.15, 0.2) is 0 Å². The van der Waals surface area contributed by atoms with Crippen molar-refractivity contribution in [2.75, 3.05) is 6.54 Å². The van der Waals surface area contributed by atoms with Gasteiger partial charge < -0.3 is 5.32 Å². The summed E-state index contributed by atoms with van der Waals surface area (Å²) < 4.78 is 0. The molecule has 0 radical (unpaired) electrons. The number of rotatable bonds is 7. The number of hydrogen-bond acceptors (Lipinski definition) is 4. The van der Waals surface area contributed by atoms with Crippen LogP contribution in [0.15, 0.2) is 53.9 Å². The number of carbonyl (C=O) groups excluding carboxylic acids is 3. The first kappa shape index (κ1) is 21.1. The standard InChI is InChI=1S/C26H28N2O3S/c1-15(2)12-16-5-7-17(8-6-16)24(20-4-3-11-32-20)27-21(29)14-28-25(30)22-18-9-10-19(13-18)23(22)26(28)31/h3-11,15,18-19,22-24H,12-14H2,1-2H3,(H,27,29). The van der Waals surface area contributed by atoms with Crippen molar-refractivity contribution in [3.63, 3.8) is 0 Å². The molecule has 1 saturated heterocycles. The average molecular weight is 449 g/mol. The van der Waals surface area contributed by atoms with E-state index in [1.54, 1.807) is 11.3 Å². The number of thiophene rings is 1. The summed E-state index contributed by atoms with van der Waals surface area (Å²) in [6.07, 6.45) is 6.03. The van der Waals surface area contributed by atoms with Crippen molar-refractivity contribution in [3.05, 3.63) is 69.9 Å². The Morgan fingerprint density at radius 2 is 1.72 bits per heavy atom. The molecule has 5 unspecified atom stereocenters. The third-order valence-electron chi connectivity index (χ3n) is 6.95. The number of allylic oxidation sites excluding steroid dienone is 2. The highest BCUT2D eigenvalue weighted by Crippen LogP contribution is 2.52. The number of likely N-dealkylation sites (tertiary alicyclic amines) is 1. The van der Waals surface area contributed by atoms with Gasteiger partial charge >= 0.3 is 0 Å². The summed E-state index contributed by atoms with van der Waals surface area (Å²) in [7, 11) is 0. The Kier molecular flexibility index (Phi) is 5.49. The second kappa shape index (κ2) is 8.32. The number of carbonyl (C=O) groups is 3. The van der Waals surface area contributed by atoms with Crippen LogP contribution in [-0.4, -0.2) is 29.2 Å². The van der Waals surface area contributed by atoms with Crippen LogP contribution < -0.4 is 5.32 Å². The molecule has 2 fully saturated rings. The molecule has 2 aromatic rings. The molecule has 5 atom stereocenters. The third-order valence-corrected chi connectivity index (χ3v) is 7.89. The minimum absolute atomic E-state index is 0.151. The molecule has 3 amide bonds. The molecule has 1 saturated carbocycles. The first-order valence-electron chi connectivity index (χ1n) is 11.4. The van der Waals surface area contributed by atoms with Gasteiger partial charge in [-0.2, -0.15) is 0 Å². The summed E-state index contributed by atoms with van der Waals surface area (Å²) in [6.45, 7) is 4.18. The summed E-state index contributed by atoms with van der Waals surface area (Å²) in [4.78, 5) is 41.1. The Morgan fingerprint density at radius 3 is 2.28 bits per heavy atom. The fourth-order valence-electron chi connectivity index (χ4n) is 5.56. The zero-order valence-corrected chi connectivity index (χ0v) is 19.2. The number of imide groups is 1. The lowest BCUT2D eigenvalue weighted by atomic mass is 9.85. The summed E-state index contributed by atoms with van der Waals surface area (Å²) in [5, 5.41) is 5.06. The molecular formula is C26H28N2O3S. The van der Waals surface area contributed by atoms with Crippen molar-refractivity contribution in [2.24, 2.45) is 29.6 Å². The highest BCUT2D eigenvalue weighted by Gasteiger charge is 2.59. The van der Waals surface area contributed by atoms with Crippen LogP contribution in [0.4, 0.5) is 0 Å². The molecule has 3 aliphatic rings. The Hall–Kier alpha value is -2.73. The SMILES string of the molecule is CC(C)Cc1ccc(C(NC(=O)CN2C(=O)C3C4C=CC(C4)C3C2=O)c2cccs2)cc1. The van der Waals surface area contributed by atoms with Crippen LogP contribution in [0.3, 0.4) is 0 Å². The van der Waals surface area contributed by atoms with E-state index in [2.05, 4.69) is 55.6 Å². The Balaban J connectivity index is 1.31. The molecule has 6 heteroatoms. The minimum Gasteiger partial charge on any atom is -0.343 e. The van der Waals surface area contributed by atoms with Crippen LogP contribution in [0.25, 0.3) is 0 Å². The van der Waals surface area contributed by atoms with Crippen LogP contribution in [0.2, 0.25) is 0 Å². The maximum atomic E-state index is 13.0. The molecule has 5 nitrogen and oxygen atoms in total. The fraction of sp³-hybridized carbons (Fsp3) is 0.423. The lowest BCUT2D eigenvalue weighted by Gasteiger charge is -2.21. The summed E-state index contributed by atoms with van der Waals surface area (Å²) in [5.41, 5.74) is 2.26. The van der Waals surface area contributed by atoms with E-state index in [0.29, 0.717) is 5.92 Å². The van der Waals surface area contributed by atoms with Crippen LogP contribution in [0.1, 0.15) is 42.3 Å². The minimum atomic E-state index is -0.309. The van der Waals surface area contributed by atoms with E-state index < -0.39 is 0 Å². The zero-order chi connectivity index (χ0) is 22.4. The predicted octanol–water partition coefficient (Wildman–Crippen LogP) is 3.96. The number of amides is 3. The summed E-state index contributed by atoms with van der Waals surface area (Å²) in [5.74, 6) is -0.338. The van der Waals surface area contributed by atoms with E-state index in [4.69, 9.17) is 0 Å². The molecule has 2 aliphatic carbocycles. The molecule has 1 aromatic carbocycles. The van der Waals surface area contributed by atoms with Gasteiger partial charge in [-0.1, -0.05) is 56.3 Å². The van der Waals surface area contributed by atoms with E-state index in [-0.39, 0.29) is 54.0 Å². The summed E-state index contributed by atoms with van der Waals surface area (Å²) in [6, 6.07) is 12.0. The smallest absolute Gasteiger partial charge is 0.240 e. The van der Waals surface area contributed by atoms with Crippen molar-refractivity contribution in [3.8, 4) is 0 Å². The molecular weight excluding hydrogens is 420 g/mol. The van der Waals surface area contributed by atoms with Gasteiger partial charge in [0.2, 0.25) is 17.7 Å². The number of benzene rings is 1. The number of fused-ring (bicyclic) bond motifs is 5. The Bertz CT molecular complexity index is 1030. The zero-order valence-electron chi connectivity index (χ0n) is 18.4. The number of nitrogens with one attached hydrogen (secondary N) is 1. The van der Waals surface area contributed by atoms with E-state index in [1.165, 1.54) is 10.5 Å². The van der Waals surface area contributed by atoms with Crippen molar-refractivity contribution in [1.82, 2.24) is 10.2 Å². The van der Waals surface area contributed by atoms with Gasteiger partial charge in [0, 0.05) is 4.88 Å². The molecule has 1 aromatic heterocycles. The van der Waals surface area contributed by atoms with Crippen molar-refractivity contribution in [1.29, 1.82) is 0 Å². The molecule has 2 heterocycles. The van der Waals surface area contributed by atoms with E-state index in [0.717, 1.165) is 23.3 Å². The van der Waals surface area contributed by atoms with Gasteiger partial charge in [-0.25, -0.2) is 0 Å². The van der Waals surface area contributed by atoms with Gasteiger partial charge in [-0.3, -0.25) is 19.3 Å². The van der Waals surface area contributed by atoms with Gasteiger partial charge in [-0.15, -0.1) is 11.3 Å². The predicted molar refractivity (Wildman–Crippen MR) is 124 cm³/mol. The lowest BCUT2D eigenvalue weighted by molar-refractivity contribution is -0.144.